The second-order valence-electron chi connectivity index (χ2n) is 9.07. The van der Waals surface area contributed by atoms with Crippen molar-refractivity contribution in [1.82, 2.24) is 15.5 Å². The highest BCUT2D eigenvalue weighted by Gasteiger charge is 2.36. The number of ether oxygens (including phenoxy) is 1. The molecular weight excluding hydrogens is 442 g/mol. The molecule has 0 aromatic heterocycles. The number of carbonyl (C=O) groups is 3. The minimum Gasteiger partial charge on any atom is -0.508 e. The Morgan fingerprint density at radius 3 is 2.27 bits per heavy atom. The van der Waals surface area contributed by atoms with Crippen LogP contribution in [0.3, 0.4) is 0 Å². The van der Waals surface area contributed by atoms with Crippen LogP contribution in [0.4, 0.5) is 4.79 Å². The van der Waals surface area contributed by atoms with Gasteiger partial charge in [-0.2, -0.15) is 12.6 Å². The normalized spacial score (nSPS) is 14.0. The van der Waals surface area contributed by atoms with Gasteiger partial charge in [0.1, 0.15) is 23.4 Å². The molecule has 1 aromatic carbocycles. The van der Waals surface area contributed by atoms with Crippen LogP contribution in [-0.4, -0.2) is 57.9 Å². The van der Waals surface area contributed by atoms with Gasteiger partial charge in [-0.05, 0) is 46.6 Å². The summed E-state index contributed by atoms with van der Waals surface area (Å²) in [5, 5.41) is 16.0. The minimum atomic E-state index is -1.07. The highest BCUT2D eigenvalue weighted by Crippen LogP contribution is 2.30. The number of hydrogen-bond acceptors (Lipinski definition) is 6. The molecule has 3 unspecified atom stereocenters. The SMILES string of the molecule is CCCC(C)NC(=O)C(c1ccccc1O)N(CCC)C(=O)C(CS)NC(=O)OC(C)(C)C. The molecule has 0 aliphatic heterocycles. The summed E-state index contributed by atoms with van der Waals surface area (Å²) < 4.78 is 5.28. The summed E-state index contributed by atoms with van der Waals surface area (Å²) in [6, 6.07) is 4.28. The van der Waals surface area contributed by atoms with Crippen molar-refractivity contribution < 1.29 is 24.2 Å². The third-order valence-corrected chi connectivity index (χ3v) is 5.19. The highest BCUT2D eigenvalue weighted by molar-refractivity contribution is 7.80. The van der Waals surface area contributed by atoms with Crippen molar-refractivity contribution in [2.75, 3.05) is 12.3 Å². The van der Waals surface area contributed by atoms with Crippen LogP contribution in [0.1, 0.15) is 72.4 Å². The average Bonchev–Trinajstić information content (AvgIpc) is 2.71. The fourth-order valence-corrected chi connectivity index (χ4v) is 3.69. The monoisotopic (exact) mass is 481 g/mol. The number of para-hydroxylation sites is 1. The Labute approximate surface area is 202 Å². The first kappa shape index (κ1) is 28.6. The maximum absolute atomic E-state index is 13.6. The number of alkyl carbamates (subject to hydrolysis) is 1. The summed E-state index contributed by atoms with van der Waals surface area (Å²) in [5.74, 6) is -0.949. The molecule has 8 nitrogen and oxygen atoms in total. The number of benzene rings is 1. The zero-order valence-corrected chi connectivity index (χ0v) is 21.4. The zero-order valence-electron chi connectivity index (χ0n) is 20.6. The minimum absolute atomic E-state index is 0.0135. The van der Waals surface area contributed by atoms with Crippen LogP contribution < -0.4 is 10.6 Å². The van der Waals surface area contributed by atoms with Crippen LogP contribution in [0.25, 0.3) is 0 Å². The molecule has 186 valence electrons. The lowest BCUT2D eigenvalue weighted by Gasteiger charge is -2.34. The van der Waals surface area contributed by atoms with Crippen molar-refractivity contribution in [2.45, 2.75) is 84.5 Å². The number of amides is 3. The fourth-order valence-electron chi connectivity index (χ4n) is 3.44. The average molecular weight is 482 g/mol. The third kappa shape index (κ3) is 9.15. The van der Waals surface area contributed by atoms with E-state index in [0.717, 1.165) is 12.8 Å². The highest BCUT2D eigenvalue weighted by atomic mass is 32.1. The molecule has 33 heavy (non-hydrogen) atoms. The van der Waals surface area contributed by atoms with Gasteiger partial charge in [-0.15, -0.1) is 0 Å². The number of nitrogens with zero attached hydrogens (tertiary/aromatic N) is 1. The van der Waals surface area contributed by atoms with E-state index in [-0.39, 0.29) is 24.1 Å². The van der Waals surface area contributed by atoms with Crippen molar-refractivity contribution in [3.05, 3.63) is 29.8 Å². The second kappa shape index (κ2) is 13.3. The topological polar surface area (TPSA) is 108 Å². The van der Waals surface area contributed by atoms with E-state index in [1.54, 1.807) is 39.0 Å². The molecule has 0 fully saturated rings. The Bertz CT molecular complexity index is 797. The van der Waals surface area contributed by atoms with E-state index in [2.05, 4.69) is 23.3 Å². The van der Waals surface area contributed by atoms with Gasteiger partial charge in [0.15, 0.2) is 0 Å². The van der Waals surface area contributed by atoms with E-state index in [0.29, 0.717) is 12.0 Å². The molecular formula is C24H39N3O5S. The molecule has 0 saturated heterocycles. The van der Waals surface area contributed by atoms with Crippen LogP contribution in [0, 0.1) is 0 Å². The van der Waals surface area contributed by atoms with E-state index in [4.69, 9.17) is 4.74 Å². The van der Waals surface area contributed by atoms with Gasteiger partial charge in [-0.3, -0.25) is 9.59 Å². The molecule has 0 bridgehead atoms. The molecule has 0 radical (unpaired) electrons. The number of hydrogen-bond donors (Lipinski definition) is 4. The Kier molecular flexibility index (Phi) is 11.6. The molecule has 9 heteroatoms. The number of thiol groups is 1. The molecule has 0 aliphatic rings. The van der Waals surface area contributed by atoms with Crippen molar-refractivity contribution in [3.63, 3.8) is 0 Å². The maximum Gasteiger partial charge on any atom is 0.408 e. The lowest BCUT2D eigenvalue weighted by atomic mass is 10.0. The van der Waals surface area contributed by atoms with Crippen molar-refractivity contribution in [3.8, 4) is 5.75 Å². The summed E-state index contributed by atoms with van der Waals surface area (Å²) in [7, 11) is 0. The van der Waals surface area contributed by atoms with E-state index in [1.165, 1.54) is 11.0 Å². The summed E-state index contributed by atoms with van der Waals surface area (Å²) in [6.45, 7) is 11.2. The van der Waals surface area contributed by atoms with Gasteiger partial charge in [0.05, 0.1) is 0 Å². The first-order valence-electron chi connectivity index (χ1n) is 11.4. The molecule has 0 heterocycles. The smallest absolute Gasteiger partial charge is 0.408 e. The first-order valence-corrected chi connectivity index (χ1v) is 12.1. The summed E-state index contributed by atoms with van der Waals surface area (Å²) in [6.07, 6.45) is 1.49. The zero-order chi connectivity index (χ0) is 25.2. The first-order chi connectivity index (χ1) is 15.4. The number of phenolic OH excluding ortho intramolecular Hbond substituents is 1. The largest absolute Gasteiger partial charge is 0.508 e. The number of aromatic hydroxyl groups is 1. The second-order valence-corrected chi connectivity index (χ2v) is 9.44. The standard InChI is InChI=1S/C24H39N3O5S/c1-7-11-16(3)25-21(29)20(17-12-9-10-13-19(17)28)27(14-8-2)22(30)18(15-33)26-23(31)32-24(4,5)6/h9-10,12-13,16,18,20,28,33H,7-8,11,14-15H2,1-6H3,(H,25,29)(H,26,31). The van der Waals surface area contributed by atoms with Gasteiger partial charge in [-0.25, -0.2) is 4.79 Å². The molecule has 0 saturated carbocycles. The van der Waals surface area contributed by atoms with Crippen molar-refractivity contribution in [2.24, 2.45) is 0 Å². The maximum atomic E-state index is 13.6. The van der Waals surface area contributed by atoms with Gasteiger partial charge in [-0.1, -0.05) is 38.5 Å². The van der Waals surface area contributed by atoms with E-state index in [1.807, 2.05) is 20.8 Å². The summed E-state index contributed by atoms with van der Waals surface area (Å²) in [4.78, 5) is 40.6. The van der Waals surface area contributed by atoms with E-state index in [9.17, 15) is 19.5 Å². The molecule has 3 atom stereocenters. The van der Waals surface area contributed by atoms with Crippen LogP contribution in [0.2, 0.25) is 0 Å². The van der Waals surface area contributed by atoms with Gasteiger partial charge in [0.25, 0.3) is 0 Å². The molecule has 1 rings (SSSR count). The van der Waals surface area contributed by atoms with Crippen molar-refractivity contribution >= 4 is 30.5 Å². The lowest BCUT2D eigenvalue weighted by Crippen LogP contribution is -2.54. The Morgan fingerprint density at radius 2 is 1.76 bits per heavy atom. The predicted molar refractivity (Wildman–Crippen MR) is 132 cm³/mol. The summed E-state index contributed by atoms with van der Waals surface area (Å²) in [5.41, 5.74) is -0.416. The molecule has 3 amide bonds. The van der Waals surface area contributed by atoms with Crippen molar-refractivity contribution in [1.29, 1.82) is 0 Å². The van der Waals surface area contributed by atoms with Crippen LogP contribution in [0.15, 0.2) is 24.3 Å². The van der Waals surface area contributed by atoms with Gasteiger partial charge in [0.2, 0.25) is 11.8 Å². The number of nitrogens with one attached hydrogen (secondary N) is 2. The van der Waals surface area contributed by atoms with Crippen LogP contribution >= 0.6 is 12.6 Å². The third-order valence-electron chi connectivity index (χ3n) is 4.82. The Balaban J connectivity index is 3.33. The number of carbonyl (C=O) groups excluding carboxylic acids is 3. The van der Waals surface area contributed by atoms with Crippen LogP contribution in [0.5, 0.6) is 5.75 Å². The van der Waals surface area contributed by atoms with E-state index >= 15 is 0 Å². The fraction of sp³-hybridized carbons (Fsp3) is 0.625. The van der Waals surface area contributed by atoms with E-state index < -0.39 is 35.6 Å². The number of phenols is 1. The lowest BCUT2D eigenvalue weighted by molar-refractivity contribution is -0.142. The molecule has 3 N–H and O–H groups in total. The van der Waals surface area contributed by atoms with Crippen LogP contribution in [-0.2, 0) is 14.3 Å². The molecule has 0 aliphatic carbocycles. The Morgan fingerprint density at radius 1 is 1.12 bits per heavy atom. The molecule has 1 aromatic rings. The van der Waals surface area contributed by atoms with Gasteiger partial charge < -0.3 is 25.4 Å². The van der Waals surface area contributed by atoms with Gasteiger partial charge >= 0.3 is 6.09 Å². The predicted octanol–water partition coefficient (Wildman–Crippen LogP) is 3.80. The molecule has 0 spiro atoms. The summed E-state index contributed by atoms with van der Waals surface area (Å²) >= 11 is 4.25. The van der Waals surface area contributed by atoms with Gasteiger partial charge in [0, 0.05) is 23.9 Å². The quantitative estimate of drug-likeness (QED) is 0.360. The number of rotatable bonds is 11. The Hall–Kier alpha value is -2.42.